The van der Waals surface area contributed by atoms with Crippen LogP contribution in [-0.4, -0.2) is 20.1 Å². The van der Waals surface area contributed by atoms with E-state index in [-0.39, 0.29) is 11.8 Å². The predicted octanol–water partition coefficient (Wildman–Crippen LogP) is 4.23. The van der Waals surface area contributed by atoms with E-state index in [4.69, 9.17) is 9.47 Å². The minimum absolute atomic E-state index is 0.00901. The van der Waals surface area contributed by atoms with Gasteiger partial charge < -0.3 is 14.8 Å². The van der Waals surface area contributed by atoms with Crippen LogP contribution in [0.2, 0.25) is 0 Å². The smallest absolute Gasteiger partial charge is 0.231 e. The zero-order valence-corrected chi connectivity index (χ0v) is 13.8. The van der Waals surface area contributed by atoms with Crippen LogP contribution in [0.3, 0.4) is 0 Å². The maximum atomic E-state index is 12.7. The molecule has 0 fully saturated rings. The molecule has 1 atom stereocenters. The highest BCUT2D eigenvalue weighted by molar-refractivity contribution is 5.96. The van der Waals surface area contributed by atoms with Crippen molar-refractivity contribution in [2.45, 2.75) is 25.7 Å². The first-order valence-corrected chi connectivity index (χ1v) is 7.77. The molecule has 0 aromatic heterocycles. The lowest BCUT2D eigenvalue weighted by atomic mass is 9.93. The third-order valence-electron chi connectivity index (χ3n) is 3.75. The zero-order chi connectivity index (χ0) is 16.7. The maximum absolute atomic E-state index is 12.7. The van der Waals surface area contributed by atoms with E-state index in [1.54, 1.807) is 26.4 Å². The average Bonchev–Trinajstić information content (AvgIpc) is 2.60. The lowest BCUT2D eigenvalue weighted by Crippen LogP contribution is -2.21. The van der Waals surface area contributed by atoms with Gasteiger partial charge in [0.1, 0.15) is 0 Å². The van der Waals surface area contributed by atoms with Crippen LogP contribution in [0.1, 0.15) is 31.2 Å². The van der Waals surface area contributed by atoms with E-state index in [2.05, 4.69) is 12.2 Å². The van der Waals surface area contributed by atoms with Gasteiger partial charge in [0.05, 0.1) is 20.1 Å². The zero-order valence-electron chi connectivity index (χ0n) is 13.8. The lowest BCUT2D eigenvalue weighted by molar-refractivity contribution is -0.117. The van der Waals surface area contributed by atoms with Crippen molar-refractivity contribution in [2.24, 2.45) is 0 Å². The number of hydrogen-bond donors (Lipinski definition) is 1. The SMILES string of the molecule is CCC[C@H](C(=O)Nc1ccc(OC)c(OC)c1)c1ccccc1. The van der Waals surface area contributed by atoms with Crippen LogP contribution >= 0.6 is 0 Å². The summed E-state index contributed by atoms with van der Waals surface area (Å²) in [5.41, 5.74) is 1.73. The number of anilines is 1. The number of carbonyl (C=O) groups excluding carboxylic acids is 1. The Kier molecular flexibility index (Phi) is 6.03. The molecule has 0 heterocycles. The Bertz CT molecular complexity index is 640. The van der Waals surface area contributed by atoms with Crippen molar-refractivity contribution in [1.82, 2.24) is 0 Å². The van der Waals surface area contributed by atoms with Gasteiger partial charge in [0.25, 0.3) is 0 Å². The summed E-state index contributed by atoms with van der Waals surface area (Å²) in [6.07, 6.45) is 1.75. The number of ether oxygens (including phenoxy) is 2. The largest absolute Gasteiger partial charge is 0.493 e. The molecule has 0 spiro atoms. The van der Waals surface area contributed by atoms with Gasteiger partial charge in [-0.2, -0.15) is 0 Å². The van der Waals surface area contributed by atoms with Gasteiger partial charge in [0, 0.05) is 11.8 Å². The van der Waals surface area contributed by atoms with E-state index >= 15 is 0 Å². The van der Waals surface area contributed by atoms with Crippen molar-refractivity contribution in [3.63, 3.8) is 0 Å². The molecule has 1 N–H and O–H groups in total. The number of methoxy groups -OCH3 is 2. The summed E-state index contributed by atoms with van der Waals surface area (Å²) >= 11 is 0. The Morgan fingerprint density at radius 3 is 2.35 bits per heavy atom. The summed E-state index contributed by atoms with van der Waals surface area (Å²) in [5.74, 6) is 1.07. The second kappa shape index (κ2) is 8.22. The van der Waals surface area contributed by atoms with Gasteiger partial charge in [-0.3, -0.25) is 4.79 Å². The molecule has 0 aliphatic rings. The van der Waals surface area contributed by atoms with Gasteiger partial charge in [-0.1, -0.05) is 43.7 Å². The minimum atomic E-state index is -0.158. The molecular formula is C19H23NO3. The summed E-state index contributed by atoms with van der Waals surface area (Å²) in [6.45, 7) is 2.08. The fraction of sp³-hybridized carbons (Fsp3) is 0.316. The van der Waals surface area contributed by atoms with Crippen molar-refractivity contribution < 1.29 is 14.3 Å². The molecule has 0 aliphatic heterocycles. The van der Waals surface area contributed by atoms with Gasteiger partial charge in [-0.15, -0.1) is 0 Å². The van der Waals surface area contributed by atoms with Crippen LogP contribution in [0.4, 0.5) is 5.69 Å². The topological polar surface area (TPSA) is 47.6 Å². The highest BCUT2D eigenvalue weighted by atomic mass is 16.5. The van der Waals surface area contributed by atoms with Crippen molar-refractivity contribution >= 4 is 11.6 Å². The molecular weight excluding hydrogens is 290 g/mol. The van der Waals surface area contributed by atoms with Gasteiger partial charge in [-0.25, -0.2) is 0 Å². The van der Waals surface area contributed by atoms with Crippen molar-refractivity contribution in [2.75, 3.05) is 19.5 Å². The standard InChI is InChI=1S/C19H23NO3/c1-4-8-16(14-9-6-5-7-10-14)19(21)20-15-11-12-17(22-2)18(13-15)23-3/h5-7,9-13,16H,4,8H2,1-3H3,(H,20,21)/t16-/m0/s1. The number of amides is 1. The van der Waals surface area contributed by atoms with E-state index in [0.717, 1.165) is 18.4 Å². The minimum Gasteiger partial charge on any atom is -0.493 e. The molecule has 2 rings (SSSR count). The molecule has 0 saturated carbocycles. The molecule has 2 aromatic carbocycles. The Balaban J connectivity index is 2.18. The van der Waals surface area contributed by atoms with Crippen LogP contribution in [0.5, 0.6) is 11.5 Å². The highest BCUT2D eigenvalue weighted by Crippen LogP contribution is 2.31. The summed E-state index contributed by atoms with van der Waals surface area (Å²) in [4.78, 5) is 12.7. The van der Waals surface area contributed by atoms with E-state index in [1.807, 2.05) is 36.4 Å². The quantitative estimate of drug-likeness (QED) is 0.832. The van der Waals surface area contributed by atoms with Crippen LogP contribution in [0.25, 0.3) is 0 Å². The normalized spacial score (nSPS) is 11.6. The predicted molar refractivity (Wildman–Crippen MR) is 92.3 cm³/mol. The monoisotopic (exact) mass is 313 g/mol. The maximum Gasteiger partial charge on any atom is 0.231 e. The molecule has 1 amide bonds. The number of rotatable bonds is 7. The van der Waals surface area contributed by atoms with Crippen LogP contribution in [0, 0.1) is 0 Å². The first-order valence-electron chi connectivity index (χ1n) is 7.77. The van der Waals surface area contributed by atoms with Crippen LogP contribution in [0.15, 0.2) is 48.5 Å². The van der Waals surface area contributed by atoms with E-state index in [9.17, 15) is 4.79 Å². The molecule has 0 bridgehead atoms. The molecule has 0 unspecified atom stereocenters. The van der Waals surface area contributed by atoms with E-state index in [0.29, 0.717) is 17.2 Å². The molecule has 4 heteroatoms. The van der Waals surface area contributed by atoms with E-state index < -0.39 is 0 Å². The molecule has 2 aromatic rings. The Morgan fingerprint density at radius 1 is 1.04 bits per heavy atom. The summed E-state index contributed by atoms with van der Waals surface area (Å²) in [7, 11) is 3.16. The number of carbonyl (C=O) groups is 1. The van der Waals surface area contributed by atoms with Gasteiger partial charge in [0.2, 0.25) is 5.91 Å². The first-order chi connectivity index (χ1) is 11.2. The van der Waals surface area contributed by atoms with Crippen molar-refractivity contribution in [1.29, 1.82) is 0 Å². The second-order valence-corrected chi connectivity index (χ2v) is 5.31. The van der Waals surface area contributed by atoms with Crippen LogP contribution < -0.4 is 14.8 Å². The number of benzene rings is 2. The first kappa shape index (κ1) is 16.9. The Hall–Kier alpha value is -2.49. The second-order valence-electron chi connectivity index (χ2n) is 5.31. The van der Waals surface area contributed by atoms with Crippen molar-refractivity contribution in [3.05, 3.63) is 54.1 Å². The highest BCUT2D eigenvalue weighted by Gasteiger charge is 2.20. The fourth-order valence-corrected chi connectivity index (χ4v) is 2.57. The number of hydrogen-bond acceptors (Lipinski definition) is 3. The van der Waals surface area contributed by atoms with Gasteiger partial charge >= 0.3 is 0 Å². The molecule has 0 aliphatic carbocycles. The van der Waals surface area contributed by atoms with E-state index in [1.165, 1.54) is 0 Å². The Morgan fingerprint density at radius 2 is 1.74 bits per heavy atom. The van der Waals surface area contributed by atoms with Gasteiger partial charge in [-0.05, 0) is 24.1 Å². The summed E-state index contributed by atoms with van der Waals surface area (Å²) in [6, 6.07) is 15.2. The lowest BCUT2D eigenvalue weighted by Gasteiger charge is -2.17. The molecule has 4 nitrogen and oxygen atoms in total. The summed E-state index contributed by atoms with van der Waals surface area (Å²) < 4.78 is 10.5. The van der Waals surface area contributed by atoms with Gasteiger partial charge in [0.15, 0.2) is 11.5 Å². The third kappa shape index (κ3) is 4.25. The average molecular weight is 313 g/mol. The van der Waals surface area contributed by atoms with Crippen LogP contribution in [-0.2, 0) is 4.79 Å². The fourth-order valence-electron chi connectivity index (χ4n) is 2.57. The third-order valence-corrected chi connectivity index (χ3v) is 3.75. The van der Waals surface area contributed by atoms with Crippen molar-refractivity contribution in [3.8, 4) is 11.5 Å². The molecule has 0 radical (unpaired) electrons. The number of nitrogens with one attached hydrogen (secondary N) is 1. The molecule has 23 heavy (non-hydrogen) atoms. The molecule has 122 valence electrons. The molecule has 0 saturated heterocycles. The Labute approximate surface area is 137 Å². The summed E-state index contributed by atoms with van der Waals surface area (Å²) in [5, 5.41) is 2.98.